The first-order valence-electron chi connectivity index (χ1n) is 7.88. The van der Waals surface area contributed by atoms with Crippen LogP contribution in [-0.4, -0.2) is 32.9 Å². The van der Waals surface area contributed by atoms with E-state index in [1.807, 2.05) is 12.1 Å². The van der Waals surface area contributed by atoms with Crippen molar-refractivity contribution in [1.29, 1.82) is 0 Å². The van der Waals surface area contributed by atoms with Gasteiger partial charge in [0.1, 0.15) is 5.75 Å². The van der Waals surface area contributed by atoms with E-state index in [0.29, 0.717) is 12.0 Å². The van der Waals surface area contributed by atoms with Gasteiger partial charge in [-0.2, -0.15) is 0 Å². The molecule has 1 aromatic carbocycles. The Labute approximate surface area is 136 Å². The summed E-state index contributed by atoms with van der Waals surface area (Å²) in [5.41, 5.74) is 1.26. The second kappa shape index (κ2) is 8.76. The van der Waals surface area contributed by atoms with E-state index in [4.69, 9.17) is 9.47 Å². The molecule has 1 N–H and O–H groups in total. The Morgan fingerprint density at radius 2 is 2.33 bits per heavy atom. The third-order valence-corrected chi connectivity index (χ3v) is 4.60. The van der Waals surface area contributed by atoms with E-state index in [9.17, 15) is 0 Å². The molecule has 2 unspecified atom stereocenters. The molecule has 1 aliphatic rings. The smallest absolute Gasteiger partial charge is 0.122 e. The van der Waals surface area contributed by atoms with Crippen molar-refractivity contribution >= 4 is 15.9 Å². The quantitative estimate of drug-likeness (QED) is 0.806. The summed E-state index contributed by atoms with van der Waals surface area (Å²) in [5, 5.41) is 3.71. The first-order valence-corrected chi connectivity index (χ1v) is 8.67. The molecule has 2 atom stereocenters. The largest absolute Gasteiger partial charge is 0.496 e. The maximum absolute atomic E-state index is 5.68. The van der Waals surface area contributed by atoms with E-state index in [1.165, 1.54) is 18.4 Å². The molecule has 4 heteroatoms. The summed E-state index contributed by atoms with van der Waals surface area (Å²) >= 11 is 3.56. The molecule has 1 aromatic rings. The molecule has 1 aliphatic heterocycles. The highest BCUT2D eigenvalue weighted by atomic mass is 79.9. The average molecular weight is 356 g/mol. The van der Waals surface area contributed by atoms with Gasteiger partial charge in [0.2, 0.25) is 0 Å². The van der Waals surface area contributed by atoms with Crippen molar-refractivity contribution < 1.29 is 9.47 Å². The Morgan fingerprint density at radius 1 is 1.48 bits per heavy atom. The summed E-state index contributed by atoms with van der Waals surface area (Å²) in [6.07, 6.45) is 4.55. The molecular weight excluding hydrogens is 330 g/mol. The van der Waals surface area contributed by atoms with Crippen molar-refractivity contribution in [2.75, 3.05) is 26.9 Å². The summed E-state index contributed by atoms with van der Waals surface area (Å²) in [6.45, 7) is 5.05. The molecule has 0 radical (unpaired) electrons. The first kappa shape index (κ1) is 16.8. The zero-order valence-corrected chi connectivity index (χ0v) is 14.6. The van der Waals surface area contributed by atoms with Crippen LogP contribution in [0.25, 0.3) is 0 Å². The molecule has 0 amide bonds. The average Bonchev–Trinajstić information content (AvgIpc) is 2.52. The fraction of sp³-hybridized carbons (Fsp3) is 0.647. The number of benzene rings is 1. The fourth-order valence-corrected chi connectivity index (χ4v) is 3.37. The van der Waals surface area contributed by atoms with E-state index in [0.717, 1.165) is 42.8 Å². The maximum Gasteiger partial charge on any atom is 0.122 e. The van der Waals surface area contributed by atoms with Crippen LogP contribution in [0.4, 0.5) is 0 Å². The number of nitrogens with one attached hydrogen (secondary N) is 1. The van der Waals surface area contributed by atoms with Crippen LogP contribution < -0.4 is 10.1 Å². The minimum absolute atomic E-state index is 0.452. The van der Waals surface area contributed by atoms with Gasteiger partial charge in [0.15, 0.2) is 0 Å². The van der Waals surface area contributed by atoms with Crippen molar-refractivity contribution in [3.63, 3.8) is 0 Å². The molecule has 118 valence electrons. The minimum Gasteiger partial charge on any atom is -0.496 e. The lowest BCUT2D eigenvalue weighted by molar-refractivity contribution is 0.0392. The summed E-state index contributed by atoms with van der Waals surface area (Å²) in [7, 11) is 1.74. The van der Waals surface area contributed by atoms with Gasteiger partial charge in [-0.15, -0.1) is 0 Å². The molecule has 1 saturated heterocycles. The molecule has 21 heavy (non-hydrogen) atoms. The molecule has 0 saturated carbocycles. The van der Waals surface area contributed by atoms with Gasteiger partial charge in [-0.25, -0.2) is 0 Å². The highest BCUT2D eigenvalue weighted by Gasteiger charge is 2.25. The highest BCUT2D eigenvalue weighted by molar-refractivity contribution is 9.10. The molecular formula is C17H26BrNO2. The Morgan fingerprint density at radius 3 is 3.00 bits per heavy atom. The van der Waals surface area contributed by atoms with Gasteiger partial charge in [-0.3, -0.25) is 0 Å². The topological polar surface area (TPSA) is 30.5 Å². The van der Waals surface area contributed by atoms with Crippen LogP contribution in [0.5, 0.6) is 5.75 Å². The Kier molecular flexibility index (Phi) is 7.00. The third kappa shape index (κ3) is 4.97. The molecule has 3 nitrogen and oxygen atoms in total. The number of hydrogen-bond acceptors (Lipinski definition) is 3. The summed E-state index contributed by atoms with van der Waals surface area (Å²) in [5.74, 6) is 1.56. The van der Waals surface area contributed by atoms with Crippen molar-refractivity contribution in [2.24, 2.45) is 5.92 Å². The van der Waals surface area contributed by atoms with Crippen LogP contribution >= 0.6 is 15.9 Å². The zero-order valence-electron chi connectivity index (χ0n) is 13.0. The predicted octanol–water partition coefficient (Wildman–Crippen LogP) is 3.80. The van der Waals surface area contributed by atoms with Crippen molar-refractivity contribution in [3.05, 3.63) is 28.2 Å². The second-order valence-corrected chi connectivity index (χ2v) is 6.61. The summed E-state index contributed by atoms with van der Waals surface area (Å²) in [6, 6.07) is 6.69. The van der Waals surface area contributed by atoms with Gasteiger partial charge in [-0.1, -0.05) is 22.9 Å². The fourth-order valence-electron chi connectivity index (χ4n) is 2.96. The van der Waals surface area contributed by atoms with Crippen LogP contribution in [0, 0.1) is 5.92 Å². The highest BCUT2D eigenvalue weighted by Crippen LogP contribution is 2.27. The predicted molar refractivity (Wildman–Crippen MR) is 90.0 cm³/mol. The lowest BCUT2D eigenvalue weighted by atomic mass is 9.89. The van der Waals surface area contributed by atoms with Crippen LogP contribution in [0.1, 0.15) is 31.7 Å². The van der Waals surface area contributed by atoms with E-state index in [2.05, 4.69) is 34.2 Å². The van der Waals surface area contributed by atoms with Gasteiger partial charge in [0.05, 0.1) is 13.7 Å². The minimum atomic E-state index is 0.452. The molecule has 0 aliphatic carbocycles. The number of methoxy groups -OCH3 is 1. The van der Waals surface area contributed by atoms with Crippen molar-refractivity contribution in [3.8, 4) is 5.75 Å². The summed E-state index contributed by atoms with van der Waals surface area (Å²) in [4.78, 5) is 0. The van der Waals surface area contributed by atoms with Crippen LogP contribution in [0.2, 0.25) is 0 Å². The van der Waals surface area contributed by atoms with E-state index in [-0.39, 0.29) is 0 Å². The van der Waals surface area contributed by atoms with E-state index in [1.54, 1.807) is 7.11 Å². The molecule has 0 bridgehead atoms. The van der Waals surface area contributed by atoms with Gasteiger partial charge in [0.25, 0.3) is 0 Å². The molecule has 2 rings (SSSR count). The van der Waals surface area contributed by atoms with Gasteiger partial charge >= 0.3 is 0 Å². The third-order valence-electron chi connectivity index (χ3n) is 4.10. The number of halogens is 1. The van der Waals surface area contributed by atoms with E-state index >= 15 is 0 Å². The van der Waals surface area contributed by atoms with Crippen LogP contribution in [-0.2, 0) is 11.2 Å². The lowest BCUT2D eigenvalue weighted by Gasteiger charge is -2.31. The van der Waals surface area contributed by atoms with Crippen LogP contribution in [0.15, 0.2) is 22.7 Å². The standard InChI is InChI=1S/C17H26BrNO2/c1-3-8-19-16(13-5-4-9-21-12-13)11-14-10-15(18)6-7-17(14)20-2/h6-7,10,13,16,19H,3-5,8-9,11-12H2,1-2H3. The number of rotatable bonds is 7. The summed E-state index contributed by atoms with van der Waals surface area (Å²) < 4.78 is 12.3. The molecule has 0 spiro atoms. The normalized spacial score (nSPS) is 20.2. The Hall–Kier alpha value is -0.580. The van der Waals surface area contributed by atoms with Crippen molar-refractivity contribution in [2.45, 2.75) is 38.6 Å². The molecule has 1 heterocycles. The zero-order chi connectivity index (χ0) is 15.1. The van der Waals surface area contributed by atoms with Crippen LogP contribution in [0.3, 0.4) is 0 Å². The monoisotopic (exact) mass is 355 g/mol. The maximum atomic E-state index is 5.68. The number of ether oxygens (including phenoxy) is 2. The first-order chi connectivity index (χ1) is 10.2. The second-order valence-electron chi connectivity index (χ2n) is 5.70. The van der Waals surface area contributed by atoms with E-state index < -0.39 is 0 Å². The lowest BCUT2D eigenvalue weighted by Crippen LogP contribution is -2.42. The molecule has 1 fully saturated rings. The van der Waals surface area contributed by atoms with Gasteiger partial charge in [-0.05, 0) is 61.9 Å². The molecule has 0 aromatic heterocycles. The van der Waals surface area contributed by atoms with Gasteiger partial charge < -0.3 is 14.8 Å². The SMILES string of the molecule is CCCNC(Cc1cc(Br)ccc1OC)C1CCCOC1. The van der Waals surface area contributed by atoms with Crippen molar-refractivity contribution in [1.82, 2.24) is 5.32 Å². The Balaban J connectivity index is 2.11. The number of hydrogen-bond donors (Lipinski definition) is 1. The van der Waals surface area contributed by atoms with Gasteiger partial charge in [0, 0.05) is 17.1 Å². The Bertz CT molecular complexity index is 433.